The minimum atomic E-state index is 0.798. The van der Waals surface area contributed by atoms with Gasteiger partial charge in [0.15, 0.2) is 0 Å². The van der Waals surface area contributed by atoms with Crippen LogP contribution in [0.1, 0.15) is 20.3 Å². The third-order valence-electron chi connectivity index (χ3n) is 2.17. The molecule has 0 radical (unpaired) electrons. The third kappa shape index (κ3) is 3.33. The summed E-state index contributed by atoms with van der Waals surface area (Å²) in [6.07, 6.45) is 1.14. The first-order chi connectivity index (χ1) is 5.72. The van der Waals surface area contributed by atoms with E-state index in [1.165, 1.54) is 19.6 Å². The Morgan fingerprint density at radius 1 is 1.33 bits per heavy atom. The SMILES string of the molecule is CC1CN(CCCN)CC(C)S1. The Bertz CT molecular complexity index is 120. The summed E-state index contributed by atoms with van der Waals surface area (Å²) in [5.41, 5.74) is 5.48. The van der Waals surface area contributed by atoms with Crippen molar-refractivity contribution in [2.75, 3.05) is 26.2 Å². The standard InChI is InChI=1S/C9H20N2S/c1-8-6-11(5-3-4-10)7-9(2)12-8/h8-9H,3-7,10H2,1-2H3. The van der Waals surface area contributed by atoms with Crippen molar-refractivity contribution in [2.24, 2.45) is 5.73 Å². The molecule has 0 bridgehead atoms. The van der Waals surface area contributed by atoms with E-state index in [0.29, 0.717) is 0 Å². The lowest BCUT2D eigenvalue weighted by Gasteiger charge is -2.34. The molecule has 0 amide bonds. The molecule has 0 aliphatic carbocycles. The molecule has 0 aromatic rings. The smallest absolute Gasteiger partial charge is 0.0149 e. The molecular formula is C9H20N2S. The van der Waals surface area contributed by atoms with Crippen LogP contribution in [0.3, 0.4) is 0 Å². The lowest BCUT2D eigenvalue weighted by Crippen LogP contribution is -2.41. The molecule has 1 heterocycles. The second kappa shape index (κ2) is 5.10. The average Bonchev–Trinajstić information content (AvgIpc) is 1.99. The molecule has 1 fully saturated rings. The highest BCUT2D eigenvalue weighted by Crippen LogP contribution is 2.24. The first-order valence-corrected chi connectivity index (χ1v) is 5.74. The highest BCUT2D eigenvalue weighted by Gasteiger charge is 2.21. The number of nitrogens with zero attached hydrogens (tertiary/aromatic N) is 1. The molecule has 2 unspecified atom stereocenters. The van der Waals surface area contributed by atoms with Crippen LogP contribution in [0.2, 0.25) is 0 Å². The molecule has 3 heteroatoms. The highest BCUT2D eigenvalue weighted by atomic mass is 32.2. The van der Waals surface area contributed by atoms with E-state index < -0.39 is 0 Å². The Hall–Kier alpha value is 0.270. The van der Waals surface area contributed by atoms with Gasteiger partial charge in [-0.2, -0.15) is 11.8 Å². The van der Waals surface area contributed by atoms with E-state index in [4.69, 9.17) is 5.73 Å². The fraction of sp³-hybridized carbons (Fsp3) is 1.00. The zero-order chi connectivity index (χ0) is 8.97. The number of nitrogens with two attached hydrogens (primary N) is 1. The van der Waals surface area contributed by atoms with Gasteiger partial charge in [-0.15, -0.1) is 0 Å². The van der Waals surface area contributed by atoms with Crippen molar-refractivity contribution >= 4 is 11.8 Å². The monoisotopic (exact) mass is 188 g/mol. The van der Waals surface area contributed by atoms with Gasteiger partial charge < -0.3 is 10.6 Å². The van der Waals surface area contributed by atoms with Gasteiger partial charge in [0.2, 0.25) is 0 Å². The Labute approximate surface area is 79.9 Å². The maximum absolute atomic E-state index is 5.48. The van der Waals surface area contributed by atoms with E-state index in [1.807, 2.05) is 0 Å². The van der Waals surface area contributed by atoms with Crippen molar-refractivity contribution in [3.63, 3.8) is 0 Å². The molecule has 2 atom stereocenters. The molecule has 1 rings (SSSR count). The Balaban J connectivity index is 2.24. The second-order valence-electron chi connectivity index (χ2n) is 3.66. The Morgan fingerprint density at radius 3 is 2.42 bits per heavy atom. The van der Waals surface area contributed by atoms with Gasteiger partial charge in [0.25, 0.3) is 0 Å². The topological polar surface area (TPSA) is 29.3 Å². The van der Waals surface area contributed by atoms with Crippen molar-refractivity contribution < 1.29 is 0 Å². The summed E-state index contributed by atoms with van der Waals surface area (Å²) in [6.45, 7) is 9.13. The van der Waals surface area contributed by atoms with Crippen LogP contribution >= 0.6 is 11.8 Å². The summed E-state index contributed by atoms with van der Waals surface area (Å²) in [6, 6.07) is 0. The summed E-state index contributed by atoms with van der Waals surface area (Å²) in [4.78, 5) is 2.54. The van der Waals surface area contributed by atoms with Gasteiger partial charge in [-0.25, -0.2) is 0 Å². The van der Waals surface area contributed by atoms with Crippen LogP contribution in [0, 0.1) is 0 Å². The number of rotatable bonds is 3. The molecule has 0 aromatic carbocycles. The summed E-state index contributed by atoms with van der Waals surface area (Å²) in [5, 5.41) is 1.60. The van der Waals surface area contributed by atoms with Gasteiger partial charge in [-0.1, -0.05) is 13.8 Å². The number of hydrogen-bond donors (Lipinski definition) is 1. The van der Waals surface area contributed by atoms with Crippen LogP contribution in [0.25, 0.3) is 0 Å². The van der Waals surface area contributed by atoms with Gasteiger partial charge in [-0.05, 0) is 19.5 Å². The summed E-state index contributed by atoms with van der Waals surface area (Å²) >= 11 is 2.11. The maximum atomic E-state index is 5.48. The molecule has 72 valence electrons. The second-order valence-corrected chi connectivity index (χ2v) is 5.54. The van der Waals surface area contributed by atoms with Crippen LogP contribution in [0.5, 0.6) is 0 Å². The average molecular weight is 188 g/mol. The van der Waals surface area contributed by atoms with E-state index >= 15 is 0 Å². The normalized spacial score (nSPS) is 32.2. The lowest BCUT2D eigenvalue weighted by atomic mass is 10.3. The predicted molar refractivity (Wildman–Crippen MR) is 56.6 cm³/mol. The minimum Gasteiger partial charge on any atom is -0.330 e. The van der Waals surface area contributed by atoms with Crippen molar-refractivity contribution in [2.45, 2.75) is 30.8 Å². The van der Waals surface area contributed by atoms with E-state index in [0.717, 1.165) is 23.5 Å². The molecule has 12 heavy (non-hydrogen) atoms. The van der Waals surface area contributed by atoms with Crippen molar-refractivity contribution in [3.05, 3.63) is 0 Å². The fourth-order valence-corrected chi connectivity index (χ4v) is 3.17. The van der Waals surface area contributed by atoms with Crippen molar-refractivity contribution in [1.29, 1.82) is 0 Å². The summed E-state index contributed by atoms with van der Waals surface area (Å²) in [5.74, 6) is 0. The van der Waals surface area contributed by atoms with Crippen LogP contribution in [-0.4, -0.2) is 41.6 Å². The van der Waals surface area contributed by atoms with E-state index in [2.05, 4.69) is 30.5 Å². The van der Waals surface area contributed by atoms with Gasteiger partial charge in [0.05, 0.1) is 0 Å². The molecule has 1 aliphatic heterocycles. The van der Waals surface area contributed by atoms with Gasteiger partial charge in [-0.3, -0.25) is 0 Å². The van der Waals surface area contributed by atoms with Crippen molar-refractivity contribution in [1.82, 2.24) is 4.90 Å². The minimum absolute atomic E-state index is 0.798. The van der Waals surface area contributed by atoms with Gasteiger partial charge >= 0.3 is 0 Å². The lowest BCUT2D eigenvalue weighted by molar-refractivity contribution is 0.269. The number of hydrogen-bond acceptors (Lipinski definition) is 3. The first-order valence-electron chi connectivity index (χ1n) is 4.80. The maximum Gasteiger partial charge on any atom is 0.0149 e. The zero-order valence-electron chi connectivity index (χ0n) is 8.12. The summed E-state index contributed by atoms with van der Waals surface area (Å²) in [7, 11) is 0. The van der Waals surface area contributed by atoms with Crippen molar-refractivity contribution in [3.8, 4) is 0 Å². The quantitative estimate of drug-likeness (QED) is 0.721. The molecule has 2 nitrogen and oxygen atoms in total. The Morgan fingerprint density at radius 2 is 1.92 bits per heavy atom. The molecule has 0 spiro atoms. The molecule has 1 saturated heterocycles. The zero-order valence-corrected chi connectivity index (χ0v) is 8.94. The van der Waals surface area contributed by atoms with E-state index in [-0.39, 0.29) is 0 Å². The first kappa shape index (κ1) is 10.4. The van der Waals surface area contributed by atoms with Crippen LogP contribution in [0.4, 0.5) is 0 Å². The molecular weight excluding hydrogens is 168 g/mol. The van der Waals surface area contributed by atoms with Crippen LogP contribution < -0.4 is 5.73 Å². The third-order valence-corrected chi connectivity index (χ3v) is 3.40. The molecule has 0 aromatic heterocycles. The Kier molecular flexibility index (Phi) is 4.40. The van der Waals surface area contributed by atoms with Crippen LogP contribution in [-0.2, 0) is 0 Å². The van der Waals surface area contributed by atoms with Gasteiger partial charge in [0.1, 0.15) is 0 Å². The molecule has 1 aliphatic rings. The number of thioether (sulfide) groups is 1. The highest BCUT2D eigenvalue weighted by molar-refractivity contribution is 8.00. The largest absolute Gasteiger partial charge is 0.330 e. The van der Waals surface area contributed by atoms with Crippen LogP contribution in [0.15, 0.2) is 0 Å². The van der Waals surface area contributed by atoms with Gasteiger partial charge in [0, 0.05) is 23.6 Å². The molecule has 0 saturated carbocycles. The van der Waals surface area contributed by atoms with E-state index in [1.54, 1.807) is 0 Å². The fourth-order valence-electron chi connectivity index (χ4n) is 1.78. The summed E-state index contributed by atoms with van der Waals surface area (Å²) < 4.78 is 0. The molecule has 2 N–H and O–H groups in total. The van der Waals surface area contributed by atoms with E-state index in [9.17, 15) is 0 Å². The predicted octanol–water partition coefficient (Wildman–Crippen LogP) is 1.16.